The summed E-state index contributed by atoms with van der Waals surface area (Å²) in [4.78, 5) is 4.83. The van der Waals surface area contributed by atoms with Crippen LogP contribution < -0.4 is 4.90 Å². The van der Waals surface area contributed by atoms with Crippen LogP contribution in [0.25, 0.3) is 0 Å². The lowest BCUT2D eigenvalue weighted by Gasteiger charge is -2.39. The van der Waals surface area contributed by atoms with Crippen LogP contribution in [0.4, 0.5) is 10.1 Å². The molecule has 158 valence electrons. The van der Waals surface area contributed by atoms with Crippen molar-refractivity contribution in [1.82, 2.24) is 25.1 Å². The predicted molar refractivity (Wildman–Crippen MR) is 109 cm³/mol. The van der Waals surface area contributed by atoms with Gasteiger partial charge in [-0.2, -0.15) is 0 Å². The standard InChI is InChI=1S/C21H31FN6O/c1-2-3-6-20(21-23-24-25-28(21)16-19-5-4-15-29-19)27-13-11-26(12-14-27)18-9-7-17(22)8-10-18/h7-10,19-20H,2-6,11-16H2,1H3. The average molecular weight is 403 g/mol. The molecule has 2 aliphatic heterocycles. The van der Waals surface area contributed by atoms with Gasteiger partial charge in [-0.15, -0.1) is 5.10 Å². The van der Waals surface area contributed by atoms with Crippen molar-refractivity contribution in [2.24, 2.45) is 0 Å². The van der Waals surface area contributed by atoms with E-state index in [9.17, 15) is 4.39 Å². The number of nitrogens with zero attached hydrogens (tertiary/aromatic N) is 6. The van der Waals surface area contributed by atoms with Crippen LogP contribution in [0, 0.1) is 5.82 Å². The van der Waals surface area contributed by atoms with Gasteiger partial charge in [0.1, 0.15) is 5.82 Å². The first-order valence-electron chi connectivity index (χ1n) is 10.9. The first-order valence-corrected chi connectivity index (χ1v) is 10.9. The maximum Gasteiger partial charge on any atom is 0.168 e. The molecule has 0 radical (unpaired) electrons. The molecule has 2 atom stereocenters. The van der Waals surface area contributed by atoms with Crippen molar-refractivity contribution in [2.75, 3.05) is 37.7 Å². The summed E-state index contributed by atoms with van der Waals surface area (Å²) in [6.07, 6.45) is 5.77. The molecule has 2 saturated heterocycles. The molecule has 2 aliphatic rings. The molecule has 0 spiro atoms. The zero-order chi connectivity index (χ0) is 20.1. The number of piperazine rings is 1. The number of benzene rings is 1. The van der Waals surface area contributed by atoms with Crippen molar-refractivity contribution in [3.8, 4) is 0 Å². The molecule has 2 aromatic rings. The van der Waals surface area contributed by atoms with Crippen LogP contribution in [0.2, 0.25) is 0 Å². The number of aromatic nitrogens is 4. The van der Waals surface area contributed by atoms with Crippen molar-refractivity contribution in [3.63, 3.8) is 0 Å². The average Bonchev–Trinajstić information content (AvgIpc) is 3.42. The fourth-order valence-electron chi connectivity index (χ4n) is 4.38. The minimum absolute atomic E-state index is 0.190. The van der Waals surface area contributed by atoms with E-state index in [0.29, 0.717) is 0 Å². The summed E-state index contributed by atoms with van der Waals surface area (Å²) >= 11 is 0. The number of hydrogen-bond donors (Lipinski definition) is 0. The Kier molecular flexibility index (Phi) is 6.71. The van der Waals surface area contributed by atoms with Crippen LogP contribution >= 0.6 is 0 Å². The summed E-state index contributed by atoms with van der Waals surface area (Å²) < 4.78 is 21.0. The highest BCUT2D eigenvalue weighted by molar-refractivity contribution is 5.46. The molecule has 4 rings (SSSR count). The maximum absolute atomic E-state index is 13.2. The van der Waals surface area contributed by atoms with Gasteiger partial charge in [-0.3, -0.25) is 4.90 Å². The number of hydrogen-bond acceptors (Lipinski definition) is 6. The van der Waals surface area contributed by atoms with E-state index >= 15 is 0 Å². The lowest BCUT2D eigenvalue weighted by atomic mass is 10.1. The molecule has 1 aromatic heterocycles. The molecule has 3 heterocycles. The molecular formula is C21H31FN6O. The number of ether oxygens (including phenoxy) is 1. The van der Waals surface area contributed by atoms with Crippen LogP contribution in [-0.4, -0.2) is 64.0 Å². The van der Waals surface area contributed by atoms with Crippen molar-refractivity contribution in [1.29, 1.82) is 0 Å². The summed E-state index contributed by atoms with van der Waals surface area (Å²) in [5.41, 5.74) is 1.08. The Morgan fingerprint density at radius 2 is 1.97 bits per heavy atom. The Hall–Kier alpha value is -2.06. The van der Waals surface area contributed by atoms with Crippen molar-refractivity contribution in [3.05, 3.63) is 35.9 Å². The van der Waals surface area contributed by atoms with Gasteiger partial charge in [0, 0.05) is 38.5 Å². The highest BCUT2D eigenvalue weighted by atomic mass is 19.1. The minimum atomic E-state index is -0.190. The number of anilines is 1. The highest BCUT2D eigenvalue weighted by Crippen LogP contribution is 2.28. The Balaban J connectivity index is 1.44. The third kappa shape index (κ3) is 4.93. The molecule has 0 saturated carbocycles. The van der Waals surface area contributed by atoms with Gasteiger partial charge in [0.2, 0.25) is 0 Å². The number of rotatable bonds is 8. The highest BCUT2D eigenvalue weighted by Gasteiger charge is 2.30. The van der Waals surface area contributed by atoms with Gasteiger partial charge in [0.15, 0.2) is 5.82 Å². The molecule has 2 unspecified atom stereocenters. The quantitative estimate of drug-likeness (QED) is 0.676. The van der Waals surface area contributed by atoms with Gasteiger partial charge in [0.05, 0.1) is 18.7 Å². The van der Waals surface area contributed by atoms with Crippen LogP contribution in [-0.2, 0) is 11.3 Å². The van der Waals surface area contributed by atoms with Gasteiger partial charge < -0.3 is 9.64 Å². The number of unbranched alkanes of at least 4 members (excludes halogenated alkanes) is 1. The molecular weight excluding hydrogens is 371 g/mol. The van der Waals surface area contributed by atoms with E-state index in [1.54, 1.807) is 0 Å². The Morgan fingerprint density at radius 1 is 1.17 bits per heavy atom. The minimum Gasteiger partial charge on any atom is -0.376 e. The van der Waals surface area contributed by atoms with E-state index in [4.69, 9.17) is 4.74 Å². The molecule has 0 aliphatic carbocycles. The SMILES string of the molecule is CCCCC(c1nnnn1CC1CCCO1)N1CCN(c2ccc(F)cc2)CC1. The molecule has 2 fully saturated rings. The van der Waals surface area contributed by atoms with Gasteiger partial charge in [-0.05, 0) is 54.0 Å². The first-order chi connectivity index (χ1) is 14.2. The monoisotopic (exact) mass is 402 g/mol. The van der Waals surface area contributed by atoms with E-state index in [0.717, 1.165) is 82.9 Å². The topological polar surface area (TPSA) is 59.3 Å². The fraction of sp³-hybridized carbons (Fsp3) is 0.667. The van der Waals surface area contributed by atoms with E-state index in [-0.39, 0.29) is 18.0 Å². The number of halogens is 1. The summed E-state index contributed by atoms with van der Waals surface area (Å²) in [5, 5.41) is 12.7. The molecule has 1 aromatic carbocycles. The van der Waals surface area contributed by atoms with Crippen molar-refractivity contribution >= 4 is 5.69 Å². The van der Waals surface area contributed by atoms with E-state index in [2.05, 4.69) is 32.2 Å². The van der Waals surface area contributed by atoms with Crippen LogP contribution in [0.1, 0.15) is 50.9 Å². The maximum atomic E-state index is 13.2. The summed E-state index contributed by atoms with van der Waals surface area (Å²) in [5.74, 6) is 0.772. The normalized spacial score (nSPS) is 21.6. The summed E-state index contributed by atoms with van der Waals surface area (Å²) in [6, 6.07) is 7.01. The zero-order valence-electron chi connectivity index (χ0n) is 17.2. The van der Waals surface area contributed by atoms with Crippen LogP contribution in [0.5, 0.6) is 0 Å². The smallest absolute Gasteiger partial charge is 0.168 e. The van der Waals surface area contributed by atoms with E-state index < -0.39 is 0 Å². The molecule has 29 heavy (non-hydrogen) atoms. The Labute approximate surface area is 171 Å². The predicted octanol–water partition coefficient (Wildman–Crippen LogP) is 3.04. The first kappa shape index (κ1) is 20.2. The zero-order valence-corrected chi connectivity index (χ0v) is 17.2. The molecule has 0 amide bonds. The molecule has 7 nitrogen and oxygen atoms in total. The summed E-state index contributed by atoms with van der Waals surface area (Å²) in [7, 11) is 0. The second-order valence-electron chi connectivity index (χ2n) is 8.01. The van der Waals surface area contributed by atoms with Crippen molar-refractivity contribution < 1.29 is 9.13 Å². The lowest BCUT2D eigenvalue weighted by molar-refractivity contribution is 0.0890. The Morgan fingerprint density at radius 3 is 2.66 bits per heavy atom. The van der Waals surface area contributed by atoms with Crippen molar-refractivity contribution in [2.45, 2.75) is 57.7 Å². The molecule has 8 heteroatoms. The molecule has 0 bridgehead atoms. The Bertz CT molecular complexity index is 753. The third-order valence-corrected chi connectivity index (χ3v) is 6.04. The fourth-order valence-corrected chi connectivity index (χ4v) is 4.38. The molecule has 0 N–H and O–H groups in total. The van der Waals surface area contributed by atoms with Crippen LogP contribution in [0.15, 0.2) is 24.3 Å². The van der Waals surface area contributed by atoms with Gasteiger partial charge in [0.25, 0.3) is 0 Å². The third-order valence-electron chi connectivity index (χ3n) is 6.04. The van der Waals surface area contributed by atoms with Gasteiger partial charge >= 0.3 is 0 Å². The van der Waals surface area contributed by atoms with E-state index in [1.807, 2.05) is 16.8 Å². The summed E-state index contributed by atoms with van der Waals surface area (Å²) in [6.45, 7) is 7.52. The second-order valence-corrected chi connectivity index (χ2v) is 8.01. The van der Waals surface area contributed by atoms with E-state index in [1.165, 1.54) is 12.1 Å². The lowest BCUT2D eigenvalue weighted by Crippen LogP contribution is -2.48. The van der Waals surface area contributed by atoms with Crippen LogP contribution in [0.3, 0.4) is 0 Å². The number of tetrazole rings is 1. The largest absolute Gasteiger partial charge is 0.376 e. The van der Waals surface area contributed by atoms with Gasteiger partial charge in [-0.1, -0.05) is 19.8 Å². The van der Waals surface area contributed by atoms with Gasteiger partial charge in [-0.25, -0.2) is 9.07 Å². The second kappa shape index (κ2) is 9.63.